The Labute approximate surface area is 139 Å². The third kappa shape index (κ3) is 2.55. The number of nitrogens with one attached hydrogen (secondary N) is 1. The molecule has 1 aliphatic rings. The van der Waals surface area contributed by atoms with Gasteiger partial charge >= 0.3 is 0 Å². The molecule has 1 N–H and O–H groups in total. The molecule has 0 bridgehead atoms. The molecule has 24 heavy (non-hydrogen) atoms. The van der Waals surface area contributed by atoms with Crippen molar-refractivity contribution in [3.05, 3.63) is 64.3 Å². The summed E-state index contributed by atoms with van der Waals surface area (Å²) >= 11 is 0. The maximum absolute atomic E-state index is 10.8. The summed E-state index contributed by atoms with van der Waals surface area (Å²) in [7, 11) is 0. The van der Waals surface area contributed by atoms with Gasteiger partial charge in [-0.1, -0.05) is 18.2 Å². The zero-order valence-corrected chi connectivity index (χ0v) is 13.2. The van der Waals surface area contributed by atoms with Crippen LogP contribution in [0, 0.1) is 10.1 Å². The van der Waals surface area contributed by atoms with E-state index in [4.69, 9.17) is 5.10 Å². The van der Waals surface area contributed by atoms with Crippen LogP contribution in [0.5, 0.6) is 0 Å². The van der Waals surface area contributed by atoms with Crippen molar-refractivity contribution in [1.29, 1.82) is 0 Å². The van der Waals surface area contributed by atoms with Gasteiger partial charge in [-0.25, -0.2) is 4.68 Å². The Kier molecular flexibility index (Phi) is 3.74. The van der Waals surface area contributed by atoms with E-state index < -0.39 is 0 Å². The number of nitro benzene ring substituents is 1. The highest BCUT2D eigenvalue weighted by atomic mass is 16.6. The molecular formula is C18H18N4O2. The molecule has 1 aliphatic heterocycles. The summed E-state index contributed by atoms with van der Waals surface area (Å²) in [6, 6.07) is 14.8. The molecule has 2 aromatic carbocycles. The lowest BCUT2D eigenvalue weighted by Crippen LogP contribution is -2.26. The maximum Gasteiger partial charge on any atom is 0.269 e. The number of aromatic nitrogens is 2. The van der Waals surface area contributed by atoms with E-state index >= 15 is 0 Å². The van der Waals surface area contributed by atoms with Crippen LogP contribution in [-0.4, -0.2) is 27.8 Å². The highest BCUT2D eigenvalue weighted by molar-refractivity contribution is 5.84. The van der Waals surface area contributed by atoms with Crippen LogP contribution in [-0.2, 0) is 0 Å². The summed E-state index contributed by atoms with van der Waals surface area (Å²) in [5.41, 5.74) is 3.11. The summed E-state index contributed by atoms with van der Waals surface area (Å²) in [6.07, 6.45) is 2.17. The lowest BCUT2D eigenvalue weighted by Gasteiger charge is -2.21. The highest BCUT2D eigenvalue weighted by Gasteiger charge is 2.22. The number of para-hydroxylation sites is 1. The molecule has 0 radical (unpaired) electrons. The summed E-state index contributed by atoms with van der Waals surface area (Å²) in [5, 5.41) is 20.3. The van der Waals surface area contributed by atoms with Gasteiger partial charge in [0.05, 0.1) is 21.8 Å². The van der Waals surface area contributed by atoms with Crippen LogP contribution in [0.2, 0.25) is 0 Å². The second kappa shape index (κ2) is 6.05. The third-order valence-corrected chi connectivity index (χ3v) is 4.65. The average Bonchev–Trinajstić information content (AvgIpc) is 3.02. The molecule has 122 valence electrons. The minimum Gasteiger partial charge on any atom is -0.317 e. The minimum atomic E-state index is -0.383. The molecule has 3 aromatic rings. The second-order valence-corrected chi connectivity index (χ2v) is 6.11. The van der Waals surface area contributed by atoms with Crippen LogP contribution in [0.25, 0.3) is 16.6 Å². The predicted molar refractivity (Wildman–Crippen MR) is 92.6 cm³/mol. The van der Waals surface area contributed by atoms with Crippen LogP contribution >= 0.6 is 0 Å². The van der Waals surface area contributed by atoms with Crippen molar-refractivity contribution in [2.45, 2.75) is 18.8 Å². The first-order chi connectivity index (χ1) is 11.7. The van der Waals surface area contributed by atoms with Crippen LogP contribution in [0.3, 0.4) is 0 Å². The van der Waals surface area contributed by atoms with E-state index in [2.05, 4.69) is 11.4 Å². The van der Waals surface area contributed by atoms with Crippen molar-refractivity contribution in [3.63, 3.8) is 0 Å². The second-order valence-electron chi connectivity index (χ2n) is 6.11. The number of hydrogen-bond acceptors (Lipinski definition) is 4. The molecular weight excluding hydrogens is 304 g/mol. The van der Waals surface area contributed by atoms with Crippen LogP contribution in [0.4, 0.5) is 5.69 Å². The molecule has 0 atom stereocenters. The van der Waals surface area contributed by atoms with Gasteiger partial charge in [-0.3, -0.25) is 10.1 Å². The Bertz CT molecular complexity index is 880. The quantitative estimate of drug-likeness (QED) is 0.592. The van der Waals surface area contributed by atoms with Crippen molar-refractivity contribution < 1.29 is 4.92 Å². The largest absolute Gasteiger partial charge is 0.317 e. The van der Waals surface area contributed by atoms with Crippen LogP contribution < -0.4 is 5.32 Å². The zero-order valence-electron chi connectivity index (χ0n) is 13.2. The minimum absolute atomic E-state index is 0.0915. The normalized spacial score (nSPS) is 15.7. The Hall–Kier alpha value is -2.73. The van der Waals surface area contributed by atoms with Gasteiger partial charge in [0.15, 0.2) is 0 Å². The first-order valence-corrected chi connectivity index (χ1v) is 8.17. The fraction of sp³-hybridized carbons (Fsp3) is 0.278. The molecule has 0 unspecified atom stereocenters. The van der Waals surface area contributed by atoms with Crippen molar-refractivity contribution in [3.8, 4) is 5.69 Å². The van der Waals surface area contributed by atoms with Gasteiger partial charge in [0.25, 0.3) is 5.69 Å². The van der Waals surface area contributed by atoms with E-state index in [9.17, 15) is 10.1 Å². The maximum atomic E-state index is 10.8. The number of nitro groups is 1. The number of non-ortho nitro benzene ring substituents is 1. The molecule has 0 spiro atoms. The van der Waals surface area contributed by atoms with E-state index in [1.807, 2.05) is 22.9 Å². The van der Waals surface area contributed by atoms with Gasteiger partial charge < -0.3 is 5.32 Å². The molecule has 0 aliphatic carbocycles. The van der Waals surface area contributed by atoms with Gasteiger partial charge in [-0.05, 0) is 44.1 Å². The third-order valence-electron chi connectivity index (χ3n) is 4.65. The van der Waals surface area contributed by atoms with E-state index in [0.29, 0.717) is 5.92 Å². The predicted octanol–water partition coefficient (Wildman–Crippen LogP) is 3.40. The number of piperidine rings is 1. The lowest BCUT2D eigenvalue weighted by molar-refractivity contribution is -0.384. The van der Waals surface area contributed by atoms with Gasteiger partial charge in [0.2, 0.25) is 0 Å². The molecule has 1 aromatic heterocycles. The summed E-state index contributed by atoms with van der Waals surface area (Å²) < 4.78 is 1.90. The number of hydrogen-bond donors (Lipinski definition) is 1. The summed E-state index contributed by atoms with van der Waals surface area (Å²) in [5.74, 6) is 0.454. The van der Waals surface area contributed by atoms with E-state index in [1.54, 1.807) is 12.1 Å². The van der Waals surface area contributed by atoms with E-state index in [-0.39, 0.29) is 10.6 Å². The van der Waals surface area contributed by atoms with Crippen molar-refractivity contribution in [2.24, 2.45) is 0 Å². The van der Waals surface area contributed by atoms with E-state index in [0.717, 1.165) is 42.8 Å². The van der Waals surface area contributed by atoms with Crippen molar-refractivity contribution in [1.82, 2.24) is 15.1 Å². The number of benzene rings is 2. The molecule has 1 saturated heterocycles. The highest BCUT2D eigenvalue weighted by Crippen LogP contribution is 2.32. The zero-order chi connectivity index (χ0) is 16.5. The van der Waals surface area contributed by atoms with E-state index in [1.165, 1.54) is 17.5 Å². The van der Waals surface area contributed by atoms with Gasteiger partial charge in [-0.15, -0.1) is 0 Å². The smallest absolute Gasteiger partial charge is 0.269 e. The number of fused-ring (bicyclic) bond motifs is 1. The number of rotatable bonds is 3. The molecule has 0 amide bonds. The Balaban J connectivity index is 1.82. The van der Waals surface area contributed by atoms with Crippen LogP contribution in [0.1, 0.15) is 24.5 Å². The molecule has 2 heterocycles. The Morgan fingerprint density at radius 1 is 1.08 bits per heavy atom. The summed E-state index contributed by atoms with van der Waals surface area (Å²) in [6.45, 7) is 2.03. The SMILES string of the molecule is O=[N+]([O-])c1ccc(-n2nc(C3CCNCC3)c3ccccc32)cc1. The molecule has 0 saturated carbocycles. The topological polar surface area (TPSA) is 73.0 Å². The van der Waals surface area contributed by atoms with Gasteiger partial charge in [-0.2, -0.15) is 5.10 Å². The monoisotopic (exact) mass is 322 g/mol. The first-order valence-electron chi connectivity index (χ1n) is 8.17. The molecule has 6 heteroatoms. The van der Waals surface area contributed by atoms with Crippen LogP contribution in [0.15, 0.2) is 48.5 Å². The summed E-state index contributed by atoms with van der Waals surface area (Å²) in [4.78, 5) is 10.5. The average molecular weight is 322 g/mol. The Morgan fingerprint density at radius 2 is 1.79 bits per heavy atom. The molecule has 6 nitrogen and oxygen atoms in total. The molecule has 4 rings (SSSR count). The van der Waals surface area contributed by atoms with Gasteiger partial charge in [0.1, 0.15) is 0 Å². The van der Waals surface area contributed by atoms with Crippen molar-refractivity contribution >= 4 is 16.6 Å². The standard InChI is InChI=1S/C18H18N4O2/c23-22(24)15-7-5-14(6-8-15)21-17-4-2-1-3-16(17)18(20-21)13-9-11-19-12-10-13/h1-8,13,19H,9-12H2. The fourth-order valence-electron chi connectivity index (χ4n) is 3.40. The molecule has 1 fully saturated rings. The van der Waals surface area contributed by atoms with Crippen molar-refractivity contribution in [2.75, 3.05) is 13.1 Å². The van der Waals surface area contributed by atoms with Gasteiger partial charge in [0, 0.05) is 23.4 Å². The Morgan fingerprint density at radius 3 is 2.50 bits per heavy atom. The number of nitrogens with zero attached hydrogens (tertiary/aromatic N) is 3. The first kappa shape index (κ1) is 14.8. The fourth-order valence-corrected chi connectivity index (χ4v) is 3.40. The lowest BCUT2D eigenvalue weighted by atomic mass is 9.93.